The minimum Gasteiger partial charge on any atom is -0.495 e. The lowest BCUT2D eigenvalue weighted by Crippen LogP contribution is -2.63. The summed E-state index contributed by atoms with van der Waals surface area (Å²) in [5.41, 5.74) is -0.894. The topological polar surface area (TPSA) is 156 Å². The van der Waals surface area contributed by atoms with Gasteiger partial charge in [0, 0.05) is 33.5 Å². The van der Waals surface area contributed by atoms with Crippen LogP contribution in [0.25, 0.3) is 0 Å². The molecule has 3 aliphatic rings. The number of carbonyl (C=O) groups excluding carboxylic acids is 4. The average Bonchev–Trinajstić information content (AvgIpc) is 3.84. The first-order chi connectivity index (χ1) is 26.0. The molecule has 304 valence electrons. The highest BCUT2D eigenvalue weighted by molar-refractivity contribution is 7.99. The molecule has 8 atom stereocenters. The van der Waals surface area contributed by atoms with Gasteiger partial charge in [0.2, 0.25) is 11.8 Å². The van der Waals surface area contributed by atoms with E-state index in [1.807, 2.05) is 32.9 Å². The van der Waals surface area contributed by atoms with E-state index in [-0.39, 0.29) is 29.5 Å². The van der Waals surface area contributed by atoms with Gasteiger partial charge in [-0.05, 0) is 70.4 Å². The lowest BCUT2D eigenvalue weighted by atomic mass is 9.83. The number of likely N-dealkylation sites (N-methyl/N-ethyl adjacent to an activating group) is 1. The smallest absolute Gasteiger partial charge is 0.409 e. The van der Waals surface area contributed by atoms with Crippen LogP contribution in [-0.4, -0.2) is 115 Å². The van der Waals surface area contributed by atoms with E-state index in [4.69, 9.17) is 35.3 Å². The Labute approximate surface area is 333 Å². The van der Waals surface area contributed by atoms with Gasteiger partial charge in [0.05, 0.1) is 31.1 Å². The second-order valence-corrected chi connectivity index (χ2v) is 16.2. The van der Waals surface area contributed by atoms with Gasteiger partial charge in [0.25, 0.3) is 0 Å². The molecular formula is C40H56ClN3O10S. The zero-order chi connectivity index (χ0) is 40.7. The summed E-state index contributed by atoms with van der Waals surface area (Å²) in [7, 11) is 6.06. The molecule has 55 heavy (non-hydrogen) atoms. The van der Waals surface area contributed by atoms with Gasteiger partial charge in [0.15, 0.2) is 5.72 Å². The van der Waals surface area contributed by atoms with Crippen LogP contribution in [0.3, 0.4) is 0 Å². The molecule has 15 heteroatoms. The monoisotopic (exact) mass is 805 g/mol. The number of hydrogen-bond acceptors (Lipinski definition) is 11. The number of halogens is 1. The van der Waals surface area contributed by atoms with E-state index in [2.05, 4.69) is 11.4 Å². The number of unbranched alkanes of at least 4 members (excludes halogenated alkanes) is 1. The third-order valence-corrected chi connectivity index (χ3v) is 12.1. The number of allylic oxidation sites excluding steroid dienone is 5. The molecule has 4 rings (SSSR count). The number of methoxy groups -OCH3 is 2. The summed E-state index contributed by atoms with van der Waals surface area (Å²) in [4.78, 5) is 56.6. The van der Waals surface area contributed by atoms with Crippen molar-refractivity contribution in [3.05, 3.63) is 58.7 Å². The summed E-state index contributed by atoms with van der Waals surface area (Å²) in [6, 6.07) is 2.63. The predicted molar refractivity (Wildman–Crippen MR) is 212 cm³/mol. The molecule has 0 aliphatic carbocycles. The lowest BCUT2D eigenvalue weighted by Gasteiger charge is -2.42. The number of nitrogens with zero attached hydrogens (tertiary/aromatic N) is 2. The molecule has 0 spiro atoms. The van der Waals surface area contributed by atoms with Crippen molar-refractivity contribution in [2.75, 3.05) is 44.7 Å². The number of esters is 1. The van der Waals surface area contributed by atoms with Crippen molar-refractivity contribution >= 4 is 52.9 Å². The summed E-state index contributed by atoms with van der Waals surface area (Å²) in [5.74, 6) is -0.503. The highest BCUT2D eigenvalue weighted by Gasteiger charge is 2.64. The number of carbonyl (C=O) groups is 4. The van der Waals surface area contributed by atoms with E-state index >= 15 is 0 Å². The molecule has 0 aromatic heterocycles. The fourth-order valence-electron chi connectivity index (χ4n) is 6.95. The number of alkyl carbamates (subject to hydrolysis) is 1. The molecule has 3 amide bonds. The molecule has 4 bridgehead atoms. The maximum Gasteiger partial charge on any atom is 0.409 e. The Bertz CT molecular complexity index is 1670. The first-order valence-electron chi connectivity index (χ1n) is 18.5. The zero-order valence-corrected chi connectivity index (χ0v) is 34.8. The van der Waals surface area contributed by atoms with Crippen LogP contribution >= 0.6 is 23.4 Å². The number of anilines is 1. The number of hydrogen-bond donors (Lipinski definition) is 2. The highest BCUT2D eigenvalue weighted by atomic mass is 35.5. The molecule has 1 aromatic carbocycles. The van der Waals surface area contributed by atoms with Crippen LogP contribution in [-0.2, 0) is 39.8 Å². The maximum atomic E-state index is 14.2. The summed E-state index contributed by atoms with van der Waals surface area (Å²) >= 11 is 8.27. The molecule has 2 N–H and O–H groups in total. The van der Waals surface area contributed by atoms with Gasteiger partial charge < -0.3 is 38.6 Å². The Balaban J connectivity index is 1.68. The van der Waals surface area contributed by atoms with E-state index < -0.39 is 65.7 Å². The van der Waals surface area contributed by atoms with Crippen LogP contribution in [0.1, 0.15) is 65.9 Å². The first-order valence-corrected chi connectivity index (χ1v) is 20.1. The Morgan fingerprint density at radius 1 is 1.27 bits per heavy atom. The molecule has 3 aliphatic heterocycles. The van der Waals surface area contributed by atoms with Crippen molar-refractivity contribution in [1.82, 2.24) is 10.2 Å². The van der Waals surface area contributed by atoms with Gasteiger partial charge in [-0.25, -0.2) is 9.59 Å². The van der Waals surface area contributed by atoms with Crippen molar-refractivity contribution in [1.29, 1.82) is 0 Å². The quantitative estimate of drug-likeness (QED) is 0.124. The van der Waals surface area contributed by atoms with Gasteiger partial charge in [-0.3, -0.25) is 14.9 Å². The van der Waals surface area contributed by atoms with Gasteiger partial charge in [0.1, 0.15) is 40.7 Å². The zero-order valence-electron chi connectivity index (χ0n) is 33.3. The first kappa shape index (κ1) is 44.2. The Morgan fingerprint density at radius 3 is 2.67 bits per heavy atom. The van der Waals surface area contributed by atoms with Crippen molar-refractivity contribution in [2.45, 2.75) is 109 Å². The predicted octanol–water partition coefficient (Wildman–Crippen LogP) is 5.60. The molecule has 1 aromatic rings. The standard InChI is InChI=1S/C40H56ClN3O10S/c1-10-11-12-13-17-55-23-34(46)43(6)26(4)37(47)53-32-21-33(45)44(7)28-19-27(20-29(50-8)35(28)41)18-24(2)15-14-16-31(51-9)40(49)22-30(52-38(48)42-40)25(3)36-39(32,5)54-36/h10-11,14-16,19-20,25-26,30-32,36,49H,12-13,17-18,21-23H2,1-9H3,(H,42,48)/b11-10?,16-14+,24-15+/t25-,26+,30+,31-,32+,36+,39+,40+/m1/s1. The second-order valence-electron chi connectivity index (χ2n) is 14.7. The number of nitrogens with one attached hydrogen (secondary N) is 1. The van der Waals surface area contributed by atoms with E-state index in [1.165, 1.54) is 35.8 Å². The summed E-state index contributed by atoms with van der Waals surface area (Å²) in [6.45, 7) is 9.01. The SMILES string of the molecule is CC=CCCCSCC(=O)N(C)[C@@H](C)C(=O)O[C@H]1CC(=O)N(C)c2cc(cc(OC)c2Cl)C/C(C)=C/C=C/[C@@H](OC)[C@@]2(O)C[C@H](OC(=O)N2)[C@@H](C)[C@@H]2O[C@@]12C. The maximum absolute atomic E-state index is 14.2. The van der Waals surface area contributed by atoms with Crippen molar-refractivity contribution in [3.63, 3.8) is 0 Å². The van der Waals surface area contributed by atoms with E-state index in [0.29, 0.717) is 17.9 Å². The van der Waals surface area contributed by atoms with E-state index in [9.17, 15) is 24.3 Å². The molecule has 3 heterocycles. The van der Waals surface area contributed by atoms with Gasteiger partial charge >= 0.3 is 12.1 Å². The summed E-state index contributed by atoms with van der Waals surface area (Å²) in [5, 5.41) is 14.5. The molecule has 13 nitrogen and oxygen atoms in total. The minimum atomic E-state index is -1.82. The van der Waals surface area contributed by atoms with Crippen molar-refractivity contribution in [3.8, 4) is 5.75 Å². The molecule has 2 saturated heterocycles. The fraction of sp³-hybridized carbons (Fsp3) is 0.600. The Morgan fingerprint density at radius 2 is 2.00 bits per heavy atom. The minimum absolute atomic E-state index is 0.0467. The third kappa shape index (κ3) is 10.6. The molecule has 0 radical (unpaired) electrons. The highest BCUT2D eigenvalue weighted by Crippen LogP contribution is 2.49. The van der Waals surface area contributed by atoms with E-state index in [1.54, 1.807) is 52.2 Å². The van der Waals surface area contributed by atoms with Crippen LogP contribution in [0.15, 0.2) is 48.1 Å². The van der Waals surface area contributed by atoms with Crippen LogP contribution in [0.4, 0.5) is 10.5 Å². The fourth-order valence-corrected chi connectivity index (χ4v) is 8.16. The number of benzene rings is 1. The summed E-state index contributed by atoms with van der Waals surface area (Å²) in [6.07, 6.45) is 6.93. The third-order valence-electron chi connectivity index (χ3n) is 10.6. The number of fused-ring (bicyclic) bond motifs is 5. The number of rotatable bonds is 11. The van der Waals surface area contributed by atoms with E-state index in [0.717, 1.165) is 29.7 Å². The molecule has 0 unspecified atom stereocenters. The van der Waals surface area contributed by atoms with Crippen LogP contribution in [0.5, 0.6) is 5.75 Å². The second kappa shape index (κ2) is 19.1. The Kier molecular flexibility index (Phi) is 15.3. The normalized spacial score (nSPS) is 30.6. The molecular weight excluding hydrogens is 750 g/mol. The van der Waals surface area contributed by atoms with Gasteiger partial charge in [-0.15, -0.1) is 0 Å². The van der Waals surface area contributed by atoms with Gasteiger partial charge in [-0.1, -0.05) is 54.5 Å². The Hall–Kier alpha value is -3.56. The van der Waals surface area contributed by atoms with Crippen molar-refractivity contribution in [2.24, 2.45) is 5.92 Å². The number of ether oxygens (including phenoxy) is 5. The van der Waals surface area contributed by atoms with Crippen molar-refractivity contribution < 1.29 is 48.0 Å². The lowest BCUT2D eigenvalue weighted by molar-refractivity contribution is -0.161. The number of aliphatic hydroxyl groups is 1. The van der Waals surface area contributed by atoms with Crippen LogP contribution in [0.2, 0.25) is 5.02 Å². The summed E-state index contributed by atoms with van der Waals surface area (Å²) < 4.78 is 29.3. The van der Waals surface area contributed by atoms with Crippen LogP contribution < -0.4 is 15.0 Å². The largest absolute Gasteiger partial charge is 0.495 e. The molecule has 0 saturated carbocycles. The van der Waals surface area contributed by atoms with Crippen LogP contribution in [0, 0.1) is 5.92 Å². The number of epoxide rings is 1. The average molecular weight is 806 g/mol. The number of thioether (sulfide) groups is 1. The number of amides is 3. The van der Waals surface area contributed by atoms with Gasteiger partial charge in [-0.2, -0.15) is 11.8 Å². The molecule has 2 fully saturated rings.